The lowest BCUT2D eigenvalue weighted by Gasteiger charge is -2.34. The van der Waals surface area contributed by atoms with Crippen LogP contribution in [0.2, 0.25) is 0 Å². The molecule has 9 heteroatoms. The molecule has 35 heavy (non-hydrogen) atoms. The molecule has 0 saturated carbocycles. The third-order valence-corrected chi connectivity index (χ3v) is 5.75. The number of carbonyl (C=O) groups is 4. The predicted molar refractivity (Wildman–Crippen MR) is 131 cm³/mol. The summed E-state index contributed by atoms with van der Waals surface area (Å²) >= 11 is 0. The van der Waals surface area contributed by atoms with E-state index in [1.807, 2.05) is 18.2 Å². The smallest absolute Gasteiger partial charge is 0.312 e. The second kappa shape index (κ2) is 10.4. The average Bonchev–Trinajstić information content (AvgIpc) is 3.29. The zero-order valence-corrected chi connectivity index (χ0v) is 19.7. The van der Waals surface area contributed by atoms with E-state index in [2.05, 4.69) is 10.6 Å². The first-order chi connectivity index (χ1) is 16.8. The SMILES string of the molecule is CC(C)NC(=O)C(=O)N1CCN(C(=O)Cc2ccc(NC(=O)c3cc4ccccc4o3)cc2)CC1. The molecule has 0 aliphatic carbocycles. The molecule has 0 bridgehead atoms. The monoisotopic (exact) mass is 476 g/mol. The van der Waals surface area contributed by atoms with Crippen molar-refractivity contribution >= 4 is 40.3 Å². The van der Waals surface area contributed by atoms with Crippen LogP contribution in [0.4, 0.5) is 5.69 Å². The molecule has 1 aliphatic rings. The van der Waals surface area contributed by atoms with Crippen molar-refractivity contribution in [2.75, 3.05) is 31.5 Å². The summed E-state index contributed by atoms with van der Waals surface area (Å²) in [7, 11) is 0. The van der Waals surface area contributed by atoms with Gasteiger partial charge in [-0.05, 0) is 43.7 Å². The van der Waals surface area contributed by atoms with Crippen LogP contribution in [-0.4, -0.2) is 65.6 Å². The number of carbonyl (C=O) groups excluding carboxylic acids is 4. The van der Waals surface area contributed by atoms with Crippen molar-refractivity contribution in [1.82, 2.24) is 15.1 Å². The van der Waals surface area contributed by atoms with E-state index in [9.17, 15) is 19.2 Å². The van der Waals surface area contributed by atoms with E-state index in [0.29, 0.717) is 37.4 Å². The highest BCUT2D eigenvalue weighted by Crippen LogP contribution is 2.20. The molecular weight excluding hydrogens is 448 g/mol. The summed E-state index contributed by atoms with van der Waals surface area (Å²) in [6, 6.07) is 16.1. The van der Waals surface area contributed by atoms with E-state index in [1.54, 1.807) is 55.1 Å². The van der Waals surface area contributed by atoms with Crippen LogP contribution in [0, 0.1) is 0 Å². The van der Waals surface area contributed by atoms with Gasteiger partial charge < -0.3 is 24.9 Å². The van der Waals surface area contributed by atoms with Gasteiger partial charge in [-0.3, -0.25) is 19.2 Å². The number of rotatable bonds is 5. The highest BCUT2D eigenvalue weighted by atomic mass is 16.3. The number of amides is 4. The Labute approximate surface area is 203 Å². The Morgan fingerprint density at radius 3 is 2.23 bits per heavy atom. The Kier molecular flexibility index (Phi) is 7.14. The third kappa shape index (κ3) is 5.87. The quantitative estimate of drug-likeness (QED) is 0.550. The highest BCUT2D eigenvalue weighted by Gasteiger charge is 2.28. The number of fused-ring (bicyclic) bond motifs is 1. The first kappa shape index (κ1) is 24.0. The minimum absolute atomic E-state index is 0.0530. The second-order valence-corrected chi connectivity index (χ2v) is 8.78. The fourth-order valence-corrected chi connectivity index (χ4v) is 3.91. The molecular formula is C26H28N4O5. The highest BCUT2D eigenvalue weighted by molar-refractivity contribution is 6.35. The molecule has 0 unspecified atom stereocenters. The van der Waals surface area contributed by atoms with Gasteiger partial charge in [-0.1, -0.05) is 30.3 Å². The van der Waals surface area contributed by atoms with Crippen molar-refractivity contribution in [3.05, 3.63) is 65.9 Å². The third-order valence-electron chi connectivity index (χ3n) is 5.75. The lowest BCUT2D eigenvalue weighted by Crippen LogP contribution is -2.54. The van der Waals surface area contributed by atoms with Crippen LogP contribution in [0.25, 0.3) is 11.0 Å². The minimum Gasteiger partial charge on any atom is -0.451 e. The van der Waals surface area contributed by atoms with E-state index in [1.165, 1.54) is 4.90 Å². The molecule has 1 aromatic heterocycles. The standard InChI is InChI=1S/C26H28N4O5/c1-17(2)27-25(33)26(34)30-13-11-29(12-14-30)23(31)15-18-7-9-20(10-8-18)28-24(32)22-16-19-5-3-4-6-21(19)35-22/h3-10,16-17H,11-15H2,1-2H3,(H,27,33)(H,28,32). The van der Waals surface area contributed by atoms with Gasteiger partial charge >= 0.3 is 11.8 Å². The maximum absolute atomic E-state index is 12.7. The minimum atomic E-state index is -0.618. The summed E-state index contributed by atoms with van der Waals surface area (Å²) in [5.74, 6) is -1.36. The number of hydrogen-bond acceptors (Lipinski definition) is 5. The zero-order chi connectivity index (χ0) is 24.9. The topological polar surface area (TPSA) is 112 Å². The maximum atomic E-state index is 12.7. The van der Waals surface area contributed by atoms with E-state index >= 15 is 0 Å². The Bertz CT molecular complexity index is 1210. The summed E-state index contributed by atoms with van der Waals surface area (Å²) in [6.45, 7) is 4.99. The van der Waals surface area contributed by atoms with Crippen LogP contribution in [0.1, 0.15) is 30.0 Å². The molecule has 3 aromatic rings. The molecule has 4 rings (SSSR count). The van der Waals surface area contributed by atoms with Crippen molar-refractivity contribution in [2.45, 2.75) is 26.3 Å². The lowest BCUT2D eigenvalue weighted by atomic mass is 10.1. The summed E-state index contributed by atoms with van der Waals surface area (Å²) in [5, 5.41) is 6.25. The molecule has 2 N–H and O–H groups in total. The van der Waals surface area contributed by atoms with Gasteiger partial charge in [0.25, 0.3) is 5.91 Å². The van der Waals surface area contributed by atoms with Crippen molar-refractivity contribution in [3.63, 3.8) is 0 Å². The van der Waals surface area contributed by atoms with Crippen molar-refractivity contribution in [1.29, 1.82) is 0 Å². The normalized spacial score (nSPS) is 13.7. The number of furan rings is 1. The van der Waals surface area contributed by atoms with Crippen LogP contribution >= 0.6 is 0 Å². The molecule has 1 fully saturated rings. The Morgan fingerprint density at radius 2 is 1.57 bits per heavy atom. The predicted octanol–water partition coefficient (Wildman–Crippen LogP) is 2.42. The van der Waals surface area contributed by atoms with Gasteiger partial charge in [-0.25, -0.2) is 0 Å². The van der Waals surface area contributed by atoms with Gasteiger partial charge in [0.05, 0.1) is 6.42 Å². The number of benzene rings is 2. The molecule has 0 radical (unpaired) electrons. The van der Waals surface area contributed by atoms with Gasteiger partial charge in [0, 0.05) is 43.3 Å². The summed E-state index contributed by atoms with van der Waals surface area (Å²) in [6.07, 6.45) is 0.208. The number of para-hydroxylation sites is 1. The van der Waals surface area contributed by atoms with Gasteiger partial charge in [0.1, 0.15) is 5.58 Å². The van der Waals surface area contributed by atoms with Crippen molar-refractivity contribution in [3.8, 4) is 0 Å². The summed E-state index contributed by atoms with van der Waals surface area (Å²) < 4.78 is 5.59. The van der Waals surface area contributed by atoms with Crippen LogP contribution in [-0.2, 0) is 20.8 Å². The molecule has 0 spiro atoms. The molecule has 2 heterocycles. The number of nitrogens with one attached hydrogen (secondary N) is 2. The molecule has 4 amide bonds. The second-order valence-electron chi connectivity index (χ2n) is 8.78. The number of anilines is 1. The van der Waals surface area contributed by atoms with Crippen molar-refractivity contribution < 1.29 is 23.6 Å². The Balaban J connectivity index is 1.27. The molecule has 1 saturated heterocycles. The van der Waals surface area contributed by atoms with Crippen LogP contribution in [0.3, 0.4) is 0 Å². The van der Waals surface area contributed by atoms with Gasteiger partial charge in [0.2, 0.25) is 5.91 Å². The first-order valence-corrected chi connectivity index (χ1v) is 11.6. The number of hydrogen-bond donors (Lipinski definition) is 2. The van der Waals surface area contributed by atoms with Gasteiger partial charge in [0.15, 0.2) is 5.76 Å². The van der Waals surface area contributed by atoms with E-state index in [0.717, 1.165) is 10.9 Å². The average molecular weight is 477 g/mol. The van der Waals surface area contributed by atoms with Gasteiger partial charge in [-0.2, -0.15) is 0 Å². The van der Waals surface area contributed by atoms with Gasteiger partial charge in [-0.15, -0.1) is 0 Å². The van der Waals surface area contributed by atoms with E-state index < -0.39 is 11.8 Å². The summed E-state index contributed by atoms with van der Waals surface area (Å²) in [5.41, 5.74) is 2.06. The zero-order valence-electron chi connectivity index (χ0n) is 19.7. The molecule has 182 valence electrons. The fraction of sp³-hybridized carbons (Fsp3) is 0.308. The number of piperazine rings is 1. The lowest BCUT2D eigenvalue weighted by molar-refractivity contribution is -0.148. The van der Waals surface area contributed by atoms with Crippen molar-refractivity contribution in [2.24, 2.45) is 0 Å². The molecule has 1 aliphatic heterocycles. The Hall–Kier alpha value is -4.14. The first-order valence-electron chi connectivity index (χ1n) is 11.6. The van der Waals surface area contributed by atoms with Crippen LogP contribution in [0.5, 0.6) is 0 Å². The van der Waals surface area contributed by atoms with Crippen LogP contribution in [0.15, 0.2) is 59.0 Å². The molecule has 2 aromatic carbocycles. The Morgan fingerprint density at radius 1 is 0.914 bits per heavy atom. The van der Waals surface area contributed by atoms with E-state index in [4.69, 9.17) is 4.42 Å². The maximum Gasteiger partial charge on any atom is 0.312 e. The molecule has 0 atom stereocenters. The van der Waals surface area contributed by atoms with E-state index in [-0.39, 0.29) is 30.0 Å². The number of nitrogens with zero attached hydrogens (tertiary/aromatic N) is 2. The molecule has 9 nitrogen and oxygen atoms in total. The van der Waals surface area contributed by atoms with Crippen LogP contribution < -0.4 is 10.6 Å². The summed E-state index contributed by atoms with van der Waals surface area (Å²) in [4.78, 5) is 52.5. The largest absolute Gasteiger partial charge is 0.451 e. The fourth-order valence-electron chi connectivity index (χ4n) is 3.91.